The van der Waals surface area contributed by atoms with Crippen molar-refractivity contribution in [2.24, 2.45) is 5.73 Å². The van der Waals surface area contributed by atoms with Gasteiger partial charge in [0, 0.05) is 5.39 Å². The molecular weight excluding hydrogens is 493 g/mol. The van der Waals surface area contributed by atoms with Crippen LogP contribution < -0.4 is 16.4 Å². The maximum absolute atomic E-state index is 13.8. The maximum atomic E-state index is 13.8. The number of benzene rings is 2. The number of nitrogens with two attached hydrogens (primary N) is 1. The van der Waals surface area contributed by atoms with Gasteiger partial charge in [-0.05, 0) is 31.2 Å². The maximum Gasteiger partial charge on any atom is 0.437 e. The highest BCUT2D eigenvalue weighted by molar-refractivity contribution is 6.14. The average Bonchev–Trinajstić information content (AvgIpc) is 3.15. The number of aromatic hydroxyl groups is 1. The van der Waals surface area contributed by atoms with E-state index in [-0.39, 0.29) is 39.3 Å². The molecule has 0 fully saturated rings. The van der Waals surface area contributed by atoms with Crippen molar-refractivity contribution in [3.8, 4) is 5.75 Å². The van der Waals surface area contributed by atoms with Gasteiger partial charge in [-0.15, -0.1) is 0 Å². The molecule has 13 heteroatoms. The topological polar surface area (TPSA) is 152 Å². The molecule has 0 unspecified atom stereocenters. The fraction of sp³-hybridized carbons (Fsp3) is 0.125. The number of aromatic nitrogens is 3. The van der Waals surface area contributed by atoms with Crippen LogP contribution in [-0.2, 0) is 17.5 Å². The quantitative estimate of drug-likeness (QED) is 0.291. The molecule has 37 heavy (non-hydrogen) atoms. The van der Waals surface area contributed by atoms with Crippen molar-refractivity contribution in [2.45, 2.75) is 19.6 Å². The monoisotopic (exact) mass is 512 g/mol. The number of hydrogen-bond donors (Lipinski definition) is 4. The number of hydrogen-bond acceptors (Lipinski definition) is 6. The number of anilines is 2. The number of para-hydroxylation sites is 3. The molecule has 190 valence electrons. The van der Waals surface area contributed by atoms with Crippen molar-refractivity contribution in [2.75, 3.05) is 10.6 Å². The first-order valence-electron chi connectivity index (χ1n) is 10.7. The van der Waals surface area contributed by atoms with E-state index in [1.165, 1.54) is 37.3 Å². The Morgan fingerprint density at radius 3 is 2.41 bits per heavy atom. The molecule has 0 radical (unpaired) electrons. The summed E-state index contributed by atoms with van der Waals surface area (Å²) in [6.45, 7) is 0.619. The summed E-state index contributed by atoms with van der Waals surface area (Å²) < 4.78 is 42.3. The van der Waals surface area contributed by atoms with Crippen LogP contribution in [0.25, 0.3) is 10.9 Å². The first kappa shape index (κ1) is 25.2. The number of amides is 3. The molecule has 3 amide bonds. The second kappa shape index (κ2) is 9.60. The Morgan fingerprint density at radius 1 is 1.05 bits per heavy atom. The van der Waals surface area contributed by atoms with Crippen molar-refractivity contribution in [1.29, 1.82) is 0 Å². The molecule has 4 rings (SSSR count). The SMILES string of the molecule is Cc1c(NC(=O)c2cc(C(N)=O)nc3ccccc23)c(C(F)(F)F)nn1CC(=O)Nc1ccccc1O. The van der Waals surface area contributed by atoms with Crippen molar-refractivity contribution in [1.82, 2.24) is 14.8 Å². The van der Waals surface area contributed by atoms with E-state index in [0.29, 0.717) is 0 Å². The number of phenols is 1. The van der Waals surface area contributed by atoms with E-state index in [1.807, 2.05) is 0 Å². The number of nitrogens with zero attached hydrogens (tertiary/aromatic N) is 3. The van der Waals surface area contributed by atoms with Crippen LogP contribution >= 0.6 is 0 Å². The summed E-state index contributed by atoms with van der Waals surface area (Å²) in [6, 6.07) is 13.2. The zero-order chi connectivity index (χ0) is 26.9. The smallest absolute Gasteiger partial charge is 0.437 e. The van der Waals surface area contributed by atoms with Crippen LogP contribution in [0.4, 0.5) is 24.5 Å². The number of fused-ring (bicyclic) bond motifs is 1. The van der Waals surface area contributed by atoms with Gasteiger partial charge in [-0.2, -0.15) is 18.3 Å². The number of rotatable bonds is 6. The number of alkyl halides is 3. The first-order chi connectivity index (χ1) is 17.5. The fourth-order valence-electron chi connectivity index (χ4n) is 3.62. The van der Waals surface area contributed by atoms with Gasteiger partial charge in [0.25, 0.3) is 11.8 Å². The van der Waals surface area contributed by atoms with E-state index in [9.17, 15) is 32.7 Å². The van der Waals surface area contributed by atoms with Crippen molar-refractivity contribution < 1.29 is 32.7 Å². The van der Waals surface area contributed by atoms with Gasteiger partial charge in [-0.3, -0.25) is 19.1 Å². The van der Waals surface area contributed by atoms with E-state index >= 15 is 0 Å². The number of carbonyl (C=O) groups is 3. The number of primary amides is 1. The number of carbonyl (C=O) groups excluding carboxylic acids is 3. The Labute approximate surface area is 206 Å². The normalized spacial score (nSPS) is 11.4. The van der Waals surface area contributed by atoms with Gasteiger partial charge in [-0.25, -0.2) is 4.98 Å². The van der Waals surface area contributed by atoms with E-state index in [1.54, 1.807) is 18.2 Å². The van der Waals surface area contributed by atoms with Gasteiger partial charge in [0.1, 0.15) is 18.0 Å². The van der Waals surface area contributed by atoms with Gasteiger partial charge in [0.2, 0.25) is 5.91 Å². The highest BCUT2D eigenvalue weighted by atomic mass is 19.4. The second-order valence-corrected chi connectivity index (χ2v) is 7.92. The molecule has 0 aliphatic carbocycles. The Balaban J connectivity index is 1.69. The summed E-state index contributed by atoms with van der Waals surface area (Å²) in [4.78, 5) is 41.3. The molecule has 10 nitrogen and oxygen atoms in total. The molecule has 2 aromatic heterocycles. The lowest BCUT2D eigenvalue weighted by atomic mass is 10.1. The van der Waals surface area contributed by atoms with Gasteiger partial charge >= 0.3 is 6.18 Å². The molecule has 0 bridgehead atoms. The van der Waals surface area contributed by atoms with Crippen LogP contribution in [0.3, 0.4) is 0 Å². The molecule has 2 aromatic carbocycles. The number of halogens is 3. The molecule has 0 aliphatic heterocycles. The Morgan fingerprint density at radius 2 is 1.73 bits per heavy atom. The molecule has 0 saturated carbocycles. The molecule has 0 saturated heterocycles. The largest absolute Gasteiger partial charge is 0.506 e. The summed E-state index contributed by atoms with van der Waals surface area (Å²) in [6.07, 6.45) is -4.97. The molecule has 0 spiro atoms. The fourth-order valence-corrected chi connectivity index (χ4v) is 3.62. The van der Waals surface area contributed by atoms with Crippen LogP contribution in [0.2, 0.25) is 0 Å². The molecule has 4 aromatic rings. The van der Waals surface area contributed by atoms with E-state index in [4.69, 9.17) is 5.73 Å². The van der Waals surface area contributed by atoms with Crippen molar-refractivity contribution in [3.63, 3.8) is 0 Å². The molecule has 0 atom stereocenters. The average molecular weight is 512 g/mol. The van der Waals surface area contributed by atoms with Gasteiger partial charge in [0.15, 0.2) is 5.69 Å². The Hall–Kier alpha value is -4.94. The summed E-state index contributed by atoms with van der Waals surface area (Å²) in [5.41, 5.74) is 3.01. The van der Waals surface area contributed by atoms with Crippen LogP contribution in [0.1, 0.15) is 32.2 Å². The lowest BCUT2D eigenvalue weighted by molar-refractivity contribution is -0.141. The predicted molar refractivity (Wildman–Crippen MR) is 127 cm³/mol. The van der Waals surface area contributed by atoms with Crippen LogP contribution in [0, 0.1) is 6.92 Å². The van der Waals surface area contributed by atoms with Gasteiger partial charge < -0.3 is 21.5 Å². The minimum Gasteiger partial charge on any atom is -0.506 e. The van der Waals surface area contributed by atoms with Crippen LogP contribution in [-0.4, -0.2) is 37.6 Å². The number of nitrogens with one attached hydrogen (secondary N) is 2. The van der Waals surface area contributed by atoms with Crippen molar-refractivity contribution in [3.05, 3.63) is 77.2 Å². The number of phenolic OH excluding ortho intramolecular Hbond substituents is 1. The summed E-state index contributed by atoms with van der Waals surface area (Å²) in [7, 11) is 0. The summed E-state index contributed by atoms with van der Waals surface area (Å²) in [5, 5.41) is 18.2. The Kier molecular flexibility index (Phi) is 6.53. The van der Waals surface area contributed by atoms with Crippen molar-refractivity contribution >= 4 is 40.0 Å². The lowest BCUT2D eigenvalue weighted by Crippen LogP contribution is -2.21. The summed E-state index contributed by atoms with van der Waals surface area (Å²) in [5.74, 6) is -2.87. The zero-order valence-electron chi connectivity index (χ0n) is 19.1. The third-order valence-corrected chi connectivity index (χ3v) is 5.40. The third-order valence-electron chi connectivity index (χ3n) is 5.40. The van der Waals surface area contributed by atoms with E-state index < -0.39 is 41.8 Å². The standard InChI is InChI=1S/C24H19F3N6O4/c1-12-20(31-23(37)14-10-17(22(28)36)29-15-7-3-2-6-13(14)15)21(24(25,26)27)32-33(12)11-19(35)30-16-8-4-5-9-18(16)34/h2-10,34H,11H2,1H3,(H2,28,36)(H,30,35)(H,31,37). The van der Waals surface area contributed by atoms with Gasteiger partial charge in [0.05, 0.1) is 28.1 Å². The lowest BCUT2D eigenvalue weighted by Gasteiger charge is -2.11. The third kappa shape index (κ3) is 5.19. The highest BCUT2D eigenvalue weighted by Crippen LogP contribution is 2.36. The van der Waals surface area contributed by atoms with E-state index in [0.717, 1.165) is 10.7 Å². The number of pyridine rings is 1. The Bertz CT molecular complexity index is 1550. The summed E-state index contributed by atoms with van der Waals surface area (Å²) >= 11 is 0. The zero-order valence-corrected chi connectivity index (χ0v) is 19.1. The van der Waals surface area contributed by atoms with E-state index in [2.05, 4.69) is 20.7 Å². The molecule has 0 aliphatic rings. The predicted octanol–water partition coefficient (Wildman–Crippen LogP) is 3.45. The minimum atomic E-state index is -4.97. The molecule has 2 heterocycles. The first-order valence-corrected chi connectivity index (χ1v) is 10.7. The van der Waals surface area contributed by atoms with Crippen LogP contribution in [0.15, 0.2) is 54.6 Å². The van der Waals surface area contributed by atoms with Crippen LogP contribution in [0.5, 0.6) is 5.75 Å². The highest BCUT2D eigenvalue weighted by Gasteiger charge is 2.39. The minimum absolute atomic E-state index is 0.0664. The molecule has 5 N–H and O–H groups in total. The van der Waals surface area contributed by atoms with Gasteiger partial charge in [-0.1, -0.05) is 30.3 Å². The second-order valence-electron chi connectivity index (χ2n) is 7.92. The molecular formula is C24H19F3N6O4.